The van der Waals surface area contributed by atoms with Gasteiger partial charge >= 0.3 is 12.1 Å². The minimum Gasteiger partial charge on any atom is -0.479 e. The molecule has 33 heavy (non-hydrogen) atoms. The van der Waals surface area contributed by atoms with E-state index >= 15 is 0 Å². The quantitative estimate of drug-likeness (QED) is 0.500. The minimum absolute atomic E-state index is 0.0945. The second-order valence-electron chi connectivity index (χ2n) is 8.44. The van der Waals surface area contributed by atoms with Crippen molar-refractivity contribution >= 4 is 18.0 Å². The zero-order chi connectivity index (χ0) is 23.6. The SMILES string of the molecule is CC(CO)(NC(=O)[C@@H]1OCC[C@@H]1NC(=O)OCC1c2ccccc2-c2ccccc21)C(=O)O. The fourth-order valence-corrected chi connectivity index (χ4v) is 4.29. The molecule has 0 bridgehead atoms. The number of amides is 2. The molecule has 1 saturated heterocycles. The van der Waals surface area contributed by atoms with Gasteiger partial charge in [0.1, 0.15) is 6.61 Å². The molecule has 2 aromatic carbocycles. The van der Waals surface area contributed by atoms with Crippen LogP contribution in [-0.2, 0) is 19.1 Å². The molecular formula is C24H26N2O7. The maximum absolute atomic E-state index is 12.6. The van der Waals surface area contributed by atoms with Gasteiger partial charge in [0.05, 0.1) is 12.6 Å². The molecule has 9 nitrogen and oxygen atoms in total. The summed E-state index contributed by atoms with van der Waals surface area (Å²) < 4.78 is 10.9. The molecule has 1 fully saturated rings. The monoisotopic (exact) mass is 454 g/mol. The van der Waals surface area contributed by atoms with Gasteiger partial charge in [-0.1, -0.05) is 48.5 Å². The first-order chi connectivity index (χ1) is 15.8. The number of carboxylic acid groups (broad SMARTS) is 1. The van der Waals surface area contributed by atoms with E-state index in [0.717, 1.165) is 22.3 Å². The number of carbonyl (C=O) groups excluding carboxylic acids is 2. The highest BCUT2D eigenvalue weighted by Gasteiger charge is 2.41. The molecule has 1 unspecified atom stereocenters. The van der Waals surface area contributed by atoms with Crippen LogP contribution < -0.4 is 10.6 Å². The van der Waals surface area contributed by atoms with Crippen LogP contribution in [-0.4, -0.2) is 65.7 Å². The van der Waals surface area contributed by atoms with Crippen LogP contribution in [0.1, 0.15) is 30.4 Å². The number of carboxylic acids is 1. The molecule has 9 heteroatoms. The summed E-state index contributed by atoms with van der Waals surface area (Å²) in [7, 11) is 0. The molecule has 4 rings (SSSR count). The van der Waals surface area contributed by atoms with E-state index in [1.807, 2.05) is 48.5 Å². The van der Waals surface area contributed by atoms with E-state index in [2.05, 4.69) is 10.6 Å². The summed E-state index contributed by atoms with van der Waals surface area (Å²) in [6.45, 7) is 0.753. The molecular weight excluding hydrogens is 428 g/mol. The normalized spacial score (nSPS) is 20.9. The van der Waals surface area contributed by atoms with Crippen LogP contribution >= 0.6 is 0 Å². The lowest BCUT2D eigenvalue weighted by Crippen LogP contribution is -2.59. The standard InChI is InChI=1S/C24H26N2O7/c1-24(13-27,22(29)30)26-21(28)20-19(10-11-32-20)25-23(31)33-12-18-16-8-4-2-6-14(16)15-7-3-5-9-17(15)18/h2-9,18-20,27H,10-13H2,1H3,(H,25,31)(H,26,28)(H,29,30)/t19-,20+,24?/m0/s1. The largest absolute Gasteiger partial charge is 0.479 e. The van der Waals surface area contributed by atoms with E-state index in [1.54, 1.807) is 0 Å². The van der Waals surface area contributed by atoms with Crippen LogP contribution in [0.15, 0.2) is 48.5 Å². The highest BCUT2D eigenvalue weighted by atomic mass is 16.6. The molecule has 174 valence electrons. The number of alkyl carbamates (subject to hydrolysis) is 1. The van der Waals surface area contributed by atoms with Crippen LogP contribution in [0.4, 0.5) is 4.79 Å². The summed E-state index contributed by atoms with van der Waals surface area (Å²) >= 11 is 0. The summed E-state index contributed by atoms with van der Waals surface area (Å²) in [5, 5.41) is 23.5. The van der Waals surface area contributed by atoms with Gasteiger partial charge in [0.25, 0.3) is 5.91 Å². The molecule has 1 aliphatic heterocycles. The number of carbonyl (C=O) groups is 3. The first-order valence-corrected chi connectivity index (χ1v) is 10.7. The third kappa shape index (κ3) is 4.42. The van der Waals surface area contributed by atoms with Crippen molar-refractivity contribution in [3.8, 4) is 11.1 Å². The second kappa shape index (κ2) is 9.21. The molecule has 0 saturated carbocycles. The molecule has 2 aliphatic rings. The maximum atomic E-state index is 12.6. The van der Waals surface area contributed by atoms with E-state index in [9.17, 15) is 24.6 Å². The maximum Gasteiger partial charge on any atom is 0.407 e. The number of hydrogen-bond donors (Lipinski definition) is 4. The van der Waals surface area contributed by atoms with E-state index in [-0.39, 0.29) is 19.1 Å². The number of fused-ring (bicyclic) bond motifs is 3. The van der Waals surface area contributed by atoms with Crippen molar-refractivity contribution in [2.45, 2.75) is 36.9 Å². The van der Waals surface area contributed by atoms with Crippen molar-refractivity contribution in [1.82, 2.24) is 10.6 Å². The van der Waals surface area contributed by atoms with E-state index in [4.69, 9.17) is 9.47 Å². The Hall–Kier alpha value is -3.43. The van der Waals surface area contributed by atoms with Gasteiger partial charge in [-0.25, -0.2) is 9.59 Å². The number of ether oxygens (including phenoxy) is 2. The van der Waals surface area contributed by atoms with Gasteiger partial charge in [-0.05, 0) is 35.6 Å². The Bertz CT molecular complexity index is 1030. The summed E-state index contributed by atoms with van der Waals surface area (Å²) in [4.78, 5) is 36.4. The molecule has 0 spiro atoms. The van der Waals surface area contributed by atoms with Gasteiger partial charge in [0, 0.05) is 12.5 Å². The van der Waals surface area contributed by atoms with Gasteiger partial charge in [-0.15, -0.1) is 0 Å². The number of benzene rings is 2. The fraction of sp³-hybridized carbons (Fsp3) is 0.375. The Kier molecular flexibility index (Phi) is 6.35. The first kappa shape index (κ1) is 22.8. The lowest BCUT2D eigenvalue weighted by atomic mass is 9.98. The summed E-state index contributed by atoms with van der Waals surface area (Å²) in [6.07, 6.45) is -1.41. The van der Waals surface area contributed by atoms with E-state index in [1.165, 1.54) is 6.92 Å². The van der Waals surface area contributed by atoms with Gasteiger partial charge in [0.2, 0.25) is 0 Å². The van der Waals surface area contributed by atoms with Crippen LogP contribution in [0.3, 0.4) is 0 Å². The third-order valence-electron chi connectivity index (χ3n) is 6.18. The average Bonchev–Trinajstić information content (AvgIpc) is 3.40. The first-order valence-electron chi connectivity index (χ1n) is 10.7. The zero-order valence-electron chi connectivity index (χ0n) is 18.1. The number of rotatable bonds is 7. The molecule has 1 heterocycles. The number of aliphatic carboxylic acids is 1. The highest BCUT2D eigenvalue weighted by Crippen LogP contribution is 2.44. The number of aliphatic hydroxyl groups is 1. The number of hydrogen-bond acceptors (Lipinski definition) is 6. The molecule has 0 radical (unpaired) electrons. The Labute approximate surface area is 190 Å². The lowest BCUT2D eigenvalue weighted by molar-refractivity contribution is -0.150. The van der Waals surface area contributed by atoms with Crippen molar-refractivity contribution in [2.75, 3.05) is 19.8 Å². The predicted octanol–water partition coefficient (Wildman–Crippen LogP) is 1.63. The van der Waals surface area contributed by atoms with E-state index < -0.39 is 42.3 Å². The molecule has 4 N–H and O–H groups in total. The zero-order valence-corrected chi connectivity index (χ0v) is 18.1. The minimum atomic E-state index is -1.85. The third-order valence-corrected chi connectivity index (χ3v) is 6.18. The van der Waals surface area contributed by atoms with Gasteiger partial charge in [-0.3, -0.25) is 4.79 Å². The summed E-state index contributed by atoms with van der Waals surface area (Å²) in [5.41, 5.74) is 2.56. The van der Waals surface area contributed by atoms with Gasteiger partial charge < -0.3 is 30.3 Å². The highest BCUT2D eigenvalue weighted by molar-refractivity contribution is 5.90. The Balaban J connectivity index is 1.38. The van der Waals surface area contributed by atoms with Crippen molar-refractivity contribution in [2.24, 2.45) is 0 Å². The van der Waals surface area contributed by atoms with Crippen molar-refractivity contribution in [3.05, 3.63) is 59.7 Å². The predicted molar refractivity (Wildman–Crippen MR) is 118 cm³/mol. The summed E-state index contributed by atoms with van der Waals surface area (Å²) in [6, 6.07) is 15.3. The number of nitrogens with one attached hydrogen (secondary N) is 2. The number of aliphatic hydroxyl groups excluding tert-OH is 1. The second-order valence-corrected chi connectivity index (χ2v) is 8.44. The van der Waals surface area contributed by atoms with Crippen molar-refractivity contribution in [3.63, 3.8) is 0 Å². The van der Waals surface area contributed by atoms with Crippen molar-refractivity contribution < 1.29 is 34.1 Å². The van der Waals surface area contributed by atoms with Gasteiger partial charge in [0.15, 0.2) is 11.6 Å². The van der Waals surface area contributed by atoms with Crippen LogP contribution in [0.5, 0.6) is 0 Å². The molecule has 1 aliphatic carbocycles. The van der Waals surface area contributed by atoms with Gasteiger partial charge in [-0.2, -0.15) is 0 Å². The molecule has 2 aromatic rings. The van der Waals surface area contributed by atoms with Crippen LogP contribution in [0.25, 0.3) is 11.1 Å². The Morgan fingerprint density at radius 1 is 1.09 bits per heavy atom. The summed E-state index contributed by atoms with van der Waals surface area (Å²) in [5.74, 6) is -2.20. The van der Waals surface area contributed by atoms with Crippen molar-refractivity contribution in [1.29, 1.82) is 0 Å². The van der Waals surface area contributed by atoms with E-state index in [0.29, 0.717) is 6.42 Å². The molecule has 3 atom stereocenters. The van der Waals surface area contributed by atoms with Crippen LogP contribution in [0.2, 0.25) is 0 Å². The molecule has 0 aromatic heterocycles. The molecule has 2 amide bonds. The fourth-order valence-electron chi connectivity index (χ4n) is 4.29. The smallest absolute Gasteiger partial charge is 0.407 e. The Morgan fingerprint density at radius 2 is 1.70 bits per heavy atom. The van der Waals surface area contributed by atoms with Crippen LogP contribution in [0, 0.1) is 0 Å². The lowest BCUT2D eigenvalue weighted by Gasteiger charge is -2.27. The topological polar surface area (TPSA) is 134 Å². The Morgan fingerprint density at radius 3 is 2.27 bits per heavy atom. The average molecular weight is 454 g/mol.